The Hall–Kier alpha value is -3.21. The molecule has 112 valence electrons. The fraction of sp³-hybridized carbons (Fsp3) is 0.0556. The number of ketones is 1. The number of fused-ring (bicyclic) bond motifs is 3. The summed E-state index contributed by atoms with van der Waals surface area (Å²) in [5, 5.41) is 6.38. The zero-order valence-electron chi connectivity index (χ0n) is 12.3. The number of rotatable bonds is 2. The van der Waals surface area contributed by atoms with Crippen LogP contribution in [0.15, 0.2) is 53.1 Å². The van der Waals surface area contributed by atoms with E-state index in [1.54, 1.807) is 31.2 Å². The van der Waals surface area contributed by atoms with Gasteiger partial charge < -0.3 is 9.84 Å². The first-order valence-corrected chi connectivity index (χ1v) is 7.16. The molecule has 2 aromatic carbocycles. The third-order valence-corrected chi connectivity index (χ3v) is 3.86. The van der Waals surface area contributed by atoms with Gasteiger partial charge in [0.15, 0.2) is 11.6 Å². The molecule has 1 aliphatic carbocycles. The molecule has 0 unspecified atom stereocenters. The lowest BCUT2D eigenvalue weighted by Gasteiger charge is -2.04. The van der Waals surface area contributed by atoms with Gasteiger partial charge in [0, 0.05) is 22.8 Å². The summed E-state index contributed by atoms with van der Waals surface area (Å²) < 4.78 is 4.92. The van der Waals surface area contributed by atoms with Crippen molar-refractivity contribution in [3.05, 3.63) is 71.0 Å². The van der Waals surface area contributed by atoms with E-state index in [1.807, 2.05) is 24.3 Å². The van der Waals surface area contributed by atoms with Crippen molar-refractivity contribution in [3.63, 3.8) is 0 Å². The maximum Gasteiger partial charge on any atom is 0.256 e. The highest BCUT2D eigenvalue weighted by Crippen LogP contribution is 2.36. The molecule has 0 aliphatic heterocycles. The number of aromatic nitrogens is 1. The Labute approximate surface area is 131 Å². The highest BCUT2D eigenvalue weighted by molar-refractivity contribution is 6.22. The summed E-state index contributed by atoms with van der Waals surface area (Å²) in [5.74, 6) is 0.579. The maximum absolute atomic E-state index is 12.5. The van der Waals surface area contributed by atoms with E-state index in [0.717, 1.165) is 11.1 Å². The molecule has 23 heavy (non-hydrogen) atoms. The van der Waals surface area contributed by atoms with Crippen molar-refractivity contribution in [2.24, 2.45) is 0 Å². The van der Waals surface area contributed by atoms with Gasteiger partial charge >= 0.3 is 0 Å². The topological polar surface area (TPSA) is 72.2 Å². The SMILES string of the molecule is Cc1cc(NC(=O)c2ccc3c(c2)C(=O)c2ccccc2-3)no1. The molecule has 5 nitrogen and oxygen atoms in total. The second-order valence-corrected chi connectivity index (χ2v) is 5.41. The molecular formula is C18H12N2O3. The van der Waals surface area contributed by atoms with Crippen molar-refractivity contribution in [3.8, 4) is 11.1 Å². The van der Waals surface area contributed by atoms with E-state index in [4.69, 9.17) is 4.52 Å². The van der Waals surface area contributed by atoms with E-state index >= 15 is 0 Å². The number of carbonyl (C=O) groups is 2. The zero-order chi connectivity index (χ0) is 16.0. The molecule has 0 saturated carbocycles. The Morgan fingerprint density at radius 2 is 1.74 bits per heavy atom. The highest BCUT2D eigenvalue weighted by Gasteiger charge is 2.27. The second-order valence-electron chi connectivity index (χ2n) is 5.41. The standard InChI is InChI=1S/C18H12N2O3/c1-10-8-16(20-23-10)19-18(22)11-6-7-13-12-4-2-3-5-14(12)17(21)15(13)9-11/h2-9H,1H3,(H,19,20,22). The number of carbonyl (C=O) groups excluding carboxylic acids is 2. The molecule has 0 spiro atoms. The largest absolute Gasteiger partial charge is 0.360 e. The molecule has 1 amide bonds. The minimum atomic E-state index is -0.329. The van der Waals surface area contributed by atoms with Crippen LogP contribution in [0.1, 0.15) is 32.0 Å². The minimum Gasteiger partial charge on any atom is -0.360 e. The molecule has 4 rings (SSSR count). The molecular weight excluding hydrogens is 292 g/mol. The number of anilines is 1. The molecule has 1 aromatic heterocycles. The molecule has 0 atom stereocenters. The first-order chi connectivity index (χ1) is 11.1. The van der Waals surface area contributed by atoms with Gasteiger partial charge in [0.1, 0.15) is 5.76 Å². The Bertz CT molecular complexity index is 956. The molecule has 1 heterocycles. The van der Waals surface area contributed by atoms with E-state index in [1.165, 1.54) is 0 Å². The molecule has 0 bridgehead atoms. The summed E-state index contributed by atoms with van der Waals surface area (Å²) in [6.07, 6.45) is 0. The van der Waals surface area contributed by atoms with Crippen LogP contribution < -0.4 is 5.32 Å². The molecule has 0 fully saturated rings. The molecule has 0 radical (unpaired) electrons. The lowest BCUT2D eigenvalue weighted by atomic mass is 10.0. The van der Waals surface area contributed by atoms with E-state index in [0.29, 0.717) is 28.3 Å². The third kappa shape index (κ3) is 2.14. The van der Waals surface area contributed by atoms with Gasteiger partial charge in [0.25, 0.3) is 5.91 Å². The predicted octanol–water partition coefficient (Wildman–Crippen LogP) is 3.45. The fourth-order valence-corrected chi connectivity index (χ4v) is 2.78. The average molecular weight is 304 g/mol. The Kier molecular flexibility index (Phi) is 2.87. The van der Waals surface area contributed by atoms with Crippen LogP contribution in [-0.4, -0.2) is 16.8 Å². The summed E-state index contributed by atoms with van der Waals surface area (Å²) in [6.45, 7) is 1.74. The first-order valence-electron chi connectivity index (χ1n) is 7.16. The monoisotopic (exact) mass is 304 g/mol. The van der Waals surface area contributed by atoms with E-state index < -0.39 is 0 Å². The minimum absolute atomic E-state index is 0.0532. The number of benzene rings is 2. The number of hydrogen-bond donors (Lipinski definition) is 1. The lowest BCUT2D eigenvalue weighted by Crippen LogP contribution is -2.12. The highest BCUT2D eigenvalue weighted by atomic mass is 16.5. The predicted molar refractivity (Wildman–Crippen MR) is 84.5 cm³/mol. The Morgan fingerprint density at radius 3 is 2.48 bits per heavy atom. The van der Waals surface area contributed by atoms with Gasteiger partial charge in [0.05, 0.1) is 0 Å². The maximum atomic E-state index is 12.5. The van der Waals surface area contributed by atoms with E-state index in [9.17, 15) is 9.59 Å². The molecule has 1 N–H and O–H groups in total. The zero-order valence-corrected chi connectivity index (χ0v) is 12.3. The van der Waals surface area contributed by atoms with Crippen molar-refractivity contribution in [1.82, 2.24) is 5.16 Å². The molecule has 1 aliphatic rings. The number of nitrogens with one attached hydrogen (secondary N) is 1. The van der Waals surface area contributed by atoms with Crippen LogP contribution in [0.2, 0.25) is 0 Å². The number of hydrogen-bond acceptors (Lipinski definition) is 4. The van der Waals surface area contributed by atoms with E-state index in [2.05, 4.69) is 10.5 Å². The third-order valence-electron chi connectivity index (χ3n) is 3.86. The first kappa shape index (κ1) is 13.5. The van der Waals surface area contributed by atoms with Gasteiger partial charge in [-0.25, -0.2) is 0 Å². The lowest BCUT2D eigenvalue weighted by molar-refractivity contribution is 0.102. The number of nitrogens with zero attached hydrogens (tertiary/aromatic N) is 1. The molecule has 0 saturated heterocycles. The van der Waals surface area contributed by atoms with Gasteiger partial charge in [0.2, 0.25) is 0 Å². The number of aryl methyl sites for hydroxylation is 1. The van der Waals surface area contributed by atoms with Crippen molar-refractivity contribution in [2.45, 2.75) is 6.92 Å². The van der Waals surface area contributed by atoms with Crippen molar-refractivity contribution >= 4 is 17.5 Å². The summed E-state index contributed by atoms with van der Waals surface area (Å²) in [5.41, 5.74) is 3.40. The van der Waals surface area contributed by atoms with Crippen LogP contribution >= 0.6 is 0 Å². The van der Waals surface area contributed by atoms with Gasteiger partial charge in [-0.15, -0.1) is 0 Å². The van der Waals surface area contributed by atoms with E-state index in [-0.39, 0.29) is 11.7 Å². The van der Waals surface area contributed by atoms with Gasteiger partial charge in [-0.1, -0.05) is 35.5 Å². The van der Waals surface area contributed by atoms with Gasteiger partial charge in [-0.3, -0.25) is 9.59 Å². The van der Waals surface area contributed by atoms with Crippen LogP contribution in [0.3, 0.4) is 0 Å². The fourth-order valence-electron chi connectivity index (χ4n) is 2.78. The summed E-state index contributed by atoms with van der Waals surface area (Å²) in [6, 6.07) is 14.2. The number of amides is 1. The Balaban J connectivity index is 1.69. The van der Waals surface area contributed by atoms with Gasteiger partial charge in [-0.05, 0) is 30.2 Å². The van der Waals surface area contributed by atoms with Crippen molar-refractivity contribution < 1.29 is 14.1 Å². The van der Waals surface area contributed by atoms with Crippen molar-refractivity contribution in [2.75, 3.05) is 5.32 Å². The van der Waals surface area contributed by atoms with Crippen LogP contribution in [0.4, 0.5) is 5.82 Å². The smallest absolute Gasteiger partial charge is 0.256 e. The normalized spacial score (nSPS) is 12.0. The molecule has 5 heteroatoms. The van der Waals surface area contributed by atoms with Crippen LogP contribution in [-0.2, 0) is 0 Å². The quantitative estimate of drug-likeness (QED) is 0.615. The van der Waals surface area contributed by atoms with Crippen LogP contribution in [0.25, 0.3) is 11.1 Å². The second kappa shape index (κ2) is 4.91. The van der Waals surface area contributed by atoms with Crippen LogP contribution in [0, 0.1) is 6.92 Å². The summed E-state index contributed by atoms with van der Waals surface area (Å²) in [4.78, 5) is 24.8. The molecule has 3 aromatic rings. The van der Waals surface area contributed by atoms with Crippen molar-refractivity contribution in [1.29, 1.82) is 0 Å². The summed E-state index contributed by atoms with van der Waals surface area (Å²) in [7, 11) is 0. The summed E-state index contributed by atoms with van der Waals surface area (Å²) >= 11 is 0. The Morgan fingerprint density at radius 1 is 1.00 bits per heavy atom. The van der Waals surface area contributed by atoms with Gasteiger partial charge in [-0.2, -0.15) is 0 Å². The average Bonchev–Trinajstić information content (AvgIpc) is 3.10. The van der Waals surface area contributed by atoms with Crippen LogP contribution in [0.5, 0.6) is 0 Å².